The molecule has 106 valence electrons. The number of carbonyl (C=O) groups excluding carboxylic acids is 3. The lowest BCUT2D eigenvalue weighted by Crippen LogP contribution is -2.34. The number of nitrogens with zero attached hydrogens (tertiary/aromatic N) is 3. The van der Waals surface area contributed by atoms with Crippen molar-refractivity contribution in [3.8, 4) is 0 Å². The number of aliphatic hydroxyl groups excluding tert-OH is 1. The summed E-state index contributed by atoms with van der Waals surface area (Å²) in [6.45, 7) is 1.38. The van der Waals surface area contributed by atoms with E-state index < -0.39 is 6.10 Å². The van der Waals surface area contributed by atoms with Gasteiger partial charge in [0, 0.05) is 33.1 Å². The first-order chi connectivity index (χ1) is 8.99. The average molecular weight is 269 g/mol. The van der Waals surface area contributed by atoms with Crippen LogP contribution in [0.3, 0.4) is 0 Å². The Hall–Kier alpha value is -1.63. The van der Waals surface area contributed by atoms with E-state index in [1.165, 1.54) is 9.80 Å². The van der Waals surface area contributed by atoms with Crippen LogP contribution in [0.5, 0.6) is 0 Å². The Morgan fingerprint density at radius 2 is 2.16 bits per heavy atom. The highest BCUT2D eigenvalue weighted by atomic mass is 16.3. The molecule has 0 unspecified atom stereocenters. The van der Waals surface area contributed by atoms with Gasteiger partial charge < -0.3 is 14.9 Å². The zero-order valence-corrected chi connectivity index (χ0v) is 11.0. The van der Waals surface area contributed by atoms with E-state index in [1.807, 2.05) is 0 Å². The molecule has 2 heterocycles. The summed E-state index contributed by atoms with van der Waals surface area (Å²) in [5.41, 5.74) is 0. The molecule has 2 fully saturated rings. The number of carbonyl (C=O) groups is 3. The quantitative estimate of drug-likeness (QED) is 0.681. The number of aliphatic hydroxyl groups is 1. The van der Waals surface area contributed by atoms with E-state index in [1.54, 1.807) is 11.9 Å². The van der Waals surface area contributed by atoms with Crippen molar-refractivity contribution in [2.75, 3.05) is 33.2 Å². The van der Waals surface area contributed by atoms with Crippen molar-refractivity contribution in [1.29, 1.82) is 0 Å². The van der Waals surface area contributed by atoms with Crippen molar-refractivity contribution in [3.05, 3.63) is 0 Å². The van der Waals surface area contributed by atoms with Crippen molar-refractivity contribution in [3.63, 3.8) is 0 Å². The molecule has 0 aliphatic carbocycles. The van der Waals surface area contributed by atoms with Crippen LogP contribution in [0.1, 0.15) is 19.3 Å². The standard InChI is InChI=1S/C12H19N3O4/c1-13-8-11(18)15(12(13)19)5-2-3-10(17)14-6-4-9(16)7-14/h9,16H,2-8H2,1H3/t9-/m0/s1. The molecule has 4 amide bonds. The van der Waals surface area contributed by atoms with E-state index in [0.717, 1.165) is 0 Å². The predicted octanol–water partition coefficient (Wildman–Crippen LogP) is -0.746. The number of urea groups is 1. The summed E-state index contributed by atoms with van der Waals surface area (Å²) in [6.07, 6.45) is 0.975. The first-order valence-electron chi connectivity index (χ1n) is 6.50. The first-order valence-corrected chi connectivity index (χ1v) is 6.50. The number of hydrogen-bond donors (Lipinski definition) is 1. The Bertz CT molecular complexity index is 398. The molecule has 0 bridgehead atoms. The second-order valence-corrected chi connectivity index (χ2v) is 5.07. The predicted molar refractivity (Wildman–Crippen MR) is 66.2 cm³/mol. The maximum Gasteiger partial charge on any atom is 0.326 e. The fourth-order valence-corrected chi connectivity index (χ4v) is 2.40. The van der Waals surface area contributed by atoms with E-state index in [4.69, 9.17) is 0 Å². The van der Waals surface area contributed by atoms with Gasteiger partial charge in [0.25, 0.3) is 0 Å². The summed E-state index contributed by atoms with van der Waals surface area (Å²) < 4.78 is 0. The topological polar surface area (TPSA) is 81.2 Å². The van der Waals surface area contributed by atoms with E-state index >= 15 is 0 Å². The molecule has 1 N–H and O–H groups in total. The van der Waals surface area contributed by atoms with Crippen molar-refractivity contribution >= 4 is 17.8 Å². The minimum Gasteiger partial charge on any atom is -0.391 e. The summed E-state index contributed by atoms with van der Waals surface area (Å²) in [5, 5.41) is 9.35. The summed E-state index contributed by atoms with van der Waals surface area (Å²) >= 11 is 0. The number of β-amino-alcohol motifs (C(OH)–C–C–N with tert-alkyl or cyclic N) is 1. The molecule has 0 aromatic carbocycles. The van der Waals surface area contributed by atoms with Crippen LogP contribution in [-0.4, -0.2) is 77.0 Å². The van der Waals surface area contributed by atoms with Gasteiger partial charge in [-0.2, -0.15) is 0 Å². The molecule has 19 heavy (non-hydrogen) atoms. The molecule has 0 saturated carbocycles. The molecule has 0 aromatic rings. The number of imide groups is 1. The zero-order chi connectivity index (χ0) is 14.0. The van der Waals surface area contributed by atoms with Crippen molar-refractivity contribution in [1.82, 2.24) is 14.7 Å². The van der Waals surface area contributed by atoms with Crippen molar-refractivity contribution in [2.24, 2.45) is 0 Å². The van der Waals surface area contributed by atoms with Crippen LogP contribution in [0, 0.1) is 0 Å². The minimum atomic E-state index is -0.417. The Balaban J connectivity index is 1.73. The van der Waals surface area contributed by atoms with Gasteiger partial charge in [-0.25, -0.2) is 4.79 Å². The molecule has 2 aliphatic rings. The highest BCUT2D eigenvalue weighted by Crippen LogP contribution is 2.13. The van der Waals surface area contributed by atoms with Gasteiger partial charge in [-0.15, -0.1) is 0 Å². The molecule has 0 spiro atoms. The molecule has 7 heteroatoms. The van der Waals surface area contributed by atoms with Crippen LogP contribution in [-0.2, 0) is 9.59 Å². The number of hydrogen-bond acceptors (Lipinski definition) is 4. The van der Waals surface area contributed by atoms with Gasteiger partial charge in [-0.3, -0.25) is 14.5 Å². The zero-order valence-electron chi connectivity index (χ0n) is 11.0. The van der Waals surface area contributed by atoms with Crippen molar-refractivity contribution < 1.29 is 19.5 Å². The third-order valence-corrected chi connectivity index (χ3v) is 3.52. The van der Waals surface area contributed by atoms with Crippen LogP contribution in [0.25, 0.3) is 0 Å². The summed E-state index contributed by atoms with van der Waals surface area (Å²) in [7, 11) is 1.58. The monoisotopic (exact) mass is 269 g/mol. The van der Waals surface area contributed by atoms with Crippen LogP contribution in [0.4, 0.5) is 4.79 Å². The van der Waals surface area contributed by atoms with E-state index in [2.05, 4.69) is 0 Å². The molecule has 7 nitrogen and oxygen atoms in total. The number of amides is 4. The Kier molecular flexibility index (Phi) is 4.04. The van der Waals surface area contributed by atoms with Gasteiger partial charge in [0.1, 0.15) is 6.54 Å². The third-order valence-electron chi connectivity index (χ3n) is 3.52. The second-order valence-electron chi connectivity index (χ2n) is 5.07. The molecule has 2 saturated heterocycles. The third kappa shape index (κ3) is 3.04. The second kappa shape index (κ2) is 5.56. The van der Waals surface area contributed by atoms with Crippen LogP contribution in [0.2, 0.25) is 0 Å². The van der Waals surface area contributed by atoms with Crippen molar-refractivity contribution in [2.45, 2.75) is 25.4 Å². The first kappa shape index (κ1) is 13.8. The van der Waals surface area contributed by atoms with Gasteiger partial charge >= 0.3 is 6.03 Å². The molecule has 0 radical (unpaired) electrons. The largest absolute Gasteiger partial charge is 0.391 e. The highest BCUT2D eigenvalue weighted by molar-refractivity contribution is 6.01. The smallest absolute Gasteiger partial charge is 0.326 e. The van der Waals surface area contributed by atoms with Gasteiger partial charge in [0.05, 0.1) is 6.10 Å². The SMILES string of the molecule is CN1CC(=O)N(CCCC(=O)N2CC[C@H](O)C2)C1=O. The fraction of sp³-hybridized carbons (Fsp3) is 0.750. The molecule has 2 aliphatic heterocycles. The lowest BCUT2D eigenvalue weighted by molar-refractivity contribution is -0.131. The fourth-order valence-electron chi connectivity index (χ4n) is 2.40. The van der Waals surface area contributed by atoms with Gasteiger partial charge in [-0.1, -0.05) is 0 Å². The van der Waals surface area contributed by atoms with Gasteiger partial charge in [0.2, 0.25) is 11.8 Å². The number of rotatable bonds is 4. The normalized spacial score (nSPS) is 23.7. The Morgan fingerprint density at radius 1 is 1.42 bits per heavy atom. The average Bonchev–Trinajstić information content (AvgIpc) is 2.88. The lowest BCUT2D eigenvalue weighted by Gasteiger charge is -2.17. The van der Waals surface area contributed by atoms with Crippen LogP contribution >= 0.6 is 0 Å². The highest BCUT2D eigenvalue weighted by Gasteiger charge is 2.33. The Morgan fingerprint density at radius 3 is 2.68 bits per heavy atom. The summed E-state index contributed by atoms with van der Waals surface area (Å²) in [6, 6.07) is -0.297. The maximum absolute atomic E-state index is 11.8. The summed E-state index contributed by atoms with van der Waals surface area (Å²) in [5.74, 6) is -0.236. The molecule has 1 atom stereocenters. The van der Waals surface area contributed by atoms with E-state index in [-0.39, 0.29) is 30.9 Å². The van der Waals surface area contributed by atoms with Gasteiger partial charge in [0.15, 0.2) is 0 Å². The molecular weight excluding hydrogens is 250 g/mol. The lowest BCUT2D eigenvalue weighted by atomic mass is 10.2. The number of likely N-dealkylation sites (tertiary alicyclic amines) is 1. The Labute approximate surface area is 111 Å². The maximum atomic E-state index is 11.8. The minimum absolute atomic E-state index is 0.0241. The number of likely N-dealkylation sites (N-methyl/N-ethyl adjacent to an activating group) is 1. The van der Waals surface area contributed by atoms with E-state index in [9.17, 15) is 19.5 Å². The summed E-state index contributed by atoms with van der Waals surface area (Å²) in [4.78, 5) is 39.1. The molecule has 2 rings (SSSR count). The van der Waals surface area contributed by atoms with E-state index in [0.29, 0.717) is 32.4 Å². The van der Waals surface area contributed by atoms with Gasteiger partial charge in [-0.05, 0) is 12.8 Å². The van der Waals surface area contributed by atoms with Crippen LogP contribution < -0.4 is 0 Å². The molecular formula is C12H19N3O4. The molecule has 0 aromatic heterocycles. The van der Waals surface area contributed by atoms with Crippen LogP contribution in [0.15, 0.2) is 0 Å².